The van der Waals surface area contributed by atoms with Crippen LogP contribution < -0.4 is 9.62 Å². The third-order valence-electron chi connectivity index (χ3n) is 4.51. The first-order valence-electron chi connectivity index (χ1n) is 9.17. The fraction of sp³-hybridized carbons (Fsp3) is 0.350. The van der Waals surface area contributed by atoms with E-state index in [4.69, 9.17) is 0 Å². The van der Waals surface area contributed by atoms with Crippen molar-refractivity contribution in [3.05, 3.63) is 69.8 Å². The molecule has 0 saturated carbocycles. The predicted molar refractivity (Wildman–Crippen MR) is 112 cm³/mol. The second kappa shape index (κ2) is 9.51. The molecule has 0 saturated heterocycles. The quantitative estimate of drug-likeness (QED) is 0.382. The van der Waals surface area contributed by atoms with Gasteiger partial charge in [-0.15, -0.1) is 0 Å². The Balaban J connectivity index is 2.13. The van der Waals surface area contributed by atoms with Crippen LogP contribution >= 0.6 is 0 Å². The third kappa shape index (κ3) is 6.02. The minimum absolute atomic E-state index is 0.119. The molecule has 29 heavy (non-hydrogen) atoms. The first-order chi connectivity index (χ1) is 13.6. The number of rotatable bonds is 9. The van der Waals surface area contributed by atoms with Crippen LogP contribution in [-0.2, 0) is 21.2 Å². The summed E-state index contributed by atoms with van der Waals surface area (Å²) in [5.41, 5.74) is 1.55. The van der Waals surface area contributed by atoms with Crippen LogP contribution in [0.15, 0.2) is 48.5 Å². The normalized spacial score (nSPS) is 12.2. The largest absolute Gasteiger partial charge is 0.354 e. The summed E-state index contributed by atoms with van der Waals surface area (Å²) < 4.78 is 25.7. The van der Waals surface area contributed by atoms with E-state index in [0.29, 0.717) is 18.5 Å². The van der Waals surface area contributed by atoms with Gasteiger partial charge in [-0.1, -0.05) is 36.4 Å². The van der Waals surface area contributed by atoms with Gasteiger partial charge in [-0.05, 0) is 37.8 Å². The number of non-ortho nitro benzene ring substituents is 1. The molecule has 9 heteroatoms. The van der Waals surface area contributed by atoms with Gasteiger partial charge in [0.1, 0.15) is 6.04 Å². The predicted octanol–water partition coefficient (Wildman–Crippen LogP) is 2.81. The fourth-order valence-corrected chi connectivity index (χ4v) is 4.25. The molecule has 2 aromatic rings. The Kier molecular flexibility index (Phi) is 7.33. The van der Waals surface area contributed by atoms with Gasteiger partial charge < -0.3 is 5.32 Å². The molecule has 0 aromatic heterocycles. The van der Waals surface area contributed by atoms with E-state index in [1.54, 1.807) is 6.92 Å². The Morgan fingerprint density at radius 3 is 2.45 bits per heavy atom. The molecular formula is C20H25N3O5S. The van der Waals surface area contributed by atoms with E-state index in [1.807, 2.05) is 30.3 Å². The number of nitro groups is 1. The molecule has 0 aliphatic carbocycles. The second-order valence-corrected chi connectivity index (χ2v) is 8.70. The van der Waals surface area contributed by atoms with Crippen molar-refractivity contribution in [2.75, 3.05) is 17.1 Å². The van der Waals surface area contributed by atoms with Gasteiger partial charge in [0.2, 0.25) is 15.9 Å². The van der Waals surface area contributed by atoms with Crippen LogP contribution in [0.5, 0.6) is 0 Å². The average molecular weight is 420 g/mol. The number of sulfonamides is 1. The van der Waals surface area contributed by atoms with E-state index in [0.717, 1.165) is 22.5 Å². The molecule has 8 nitrogen and oxygen atoms in total. The SMILES string of the molecule is Cc1ccc([N+](=O)[O-])cc1N([C@@H](C)C(=O)NCCCc1ccccc1)S(C)(=O)=O. The number of carbonyl (C=O) groups is 1. The Morgan fingerprint density at radius 1 is 1.21 bits per heavy atom. The highest BCUT2D eigenvalue weighted by atomic mass is 32.2. The van der Waals surface area contributed by atoms with Crippen LogP contribution in [0.25, 0.3) is 0 Å². The van der Waals surface area contributed by atoms with Gasteiger partial charge in [0.05, 0.1) is 16.9 Å². The van der Waals surface area contributed by atoms with E-state index >= 15 is 0 Å². The minimum atomic E-state index is -3.85. The van der Waals surface area contributed by atoms with E-state index in [2.05, 4.69) is 5.32 Å². The maximum atomic E-state index is 12.6. The lowest BCUT2D eigenvalue weighted by Crippen LogP contribution is -2.48. The molecule has 1 amide bonds. The van der Waals surface area contributed by atoms with Crippen LogP contribution in [-0.4, -0.2) is 38.1 Å². The van der Waals surface area contributed by atoms with Crippen molar-refractivity contribution in [1.29, 1.82) is 0 Å². The Labute approximate surface area is 170 Å². The van der Waals surface area contributed by atoms with Crippen molar-refractivity contribution in [2.24, 2.45) is 0 Å². The first kappa shape index (κ1) is 22.4. The Morgan fingerprint density at radius 2 is 1.86 bits per heavy atom. The van der Waals surface area contributed by atoms with Crippen LogP contribution in [0.3, 0.4) is 0 Å². The summed E-state index contributed by atoms with van der Waals surface area (Å²) in [5, 5.41) is 13.8. The highest BCUT2D eigenvalue weighted by molar-refractivity contribution is 7.92. The standard InChI is InChI=1S/C20H25N3O5S/c1-15-11-12-18(23(25)26)14-19(15)22(29(3,27)28)16(2)20(24)21-13-7-10-17-8-5-4-6-9-17/h4-6,8-9,11-12,14,16H,7,10,13H2,1-3H3,(H,21,24)/t16-/m0/s1. The molecule has 0 fully saturated rings. The highest BCUT2D eigenvalue weighted by Crippen LogP contribution is 2.29. The topological polar surface area (TPSA) is 110 Å². The number of aryl methyl sites for hydroxylation is 2. The summed E-state index contributed by atoms with van der Waals surface area (Å²) >= 11 is 0. The van der Waals surface area contributed by atoms with E-state index in [-0.39, 0.29) is 11.4 Å². The molecule has 156 valence electrons. The van der Waals surface area contributed by atoms with Crippen LogP contribution in [0, 0.1) is 17.0 Å². The zero-order valence-electron chi connectivity index (χ0n) is 16.7. The number of hydrogen-bond donors (Lipinski definition) is 1. The van der Waals surface area contributed by atoms with Gasteiger partial charge >= 0.3 is 0 Å². The van der Waals surface area contributed by atoms with Crippen molar-refractivity contribution in [3.63, 3.8) is 0 Å². The number of amides is 1. The molecule has 0 unspecified atom stereocenters. The number of nitrogens with one attached hydrogen (secondary N) is 1. The Hall–Kier alpha value is -2.94. The van der Waals surface area contributed by atoms with E-state index < -0.39 is 26.9 Å². The zero-order chi connectivity index (χ0) is 21.6. The fourth-order valence-electron chi connectivity index (χ4n) is 3.03. The van der Waals surface area contributed by atoms with Crippen LogP contribution in [0.2, 0.25) is 0 Å². The summed E-state index contributed by atoms with van der Waals surface area (Å²) in [5.74, 6) is -0.464. The summed E-state index contributed by atoms with van der Waals surface area (Å²) in [6.45, 7) is 3.50. The minimum Gasteiger partial charge on any atom is -0.354 e. The molecule has 2 aromatic carbocycles. The lowest BCUT2D eigenvalue weighted by molar-refractivity contribution is -0.384. The molecule has 1 atom stereocenters. The average Bonchev–Trinajstić information content (AvgIpc) is 2.66. The van der Waals surface area contributed by atoms with Gasteiger partial charge in [-0.3, -0.25) is 19.2 Å². The molecule has 0 aliphatic heterocycles. The van der Waals surface area contributed by atoms with Crippen molar-refractivity contribution in [3.8, 4) is 0 Å². The summed E-state index contributed by atoms with van der Waals surface area (Å²) in [4.78, 5) is 23.1. The van der Waals surface area contributed by atoms with Gasteiger partial charge in [0, 0.05) is 18.7 Å². The monoisotopic (exact) mass is 419 g/mol. The maximum absolute atomic E-state index is 12.6. The van der Waals surface area contributed by atoms with Crippen molar-refractivity contribution >= 4 is 27.3 Å². The number of nitrogens with zero attached hydrogens (tertiary/aromatic N) is 2. The lowest BCUT2D eigenvalue weighted by Gasteiger charge is -2.29. The van der Waals surface area contributed by atoms with E-state index in [1.165, 1.54) is 25.1 Å². The molecule has 0 spiro atoms. The summed E-state index contributed by atoms with van der Waals surface area (Å²) in [6, 6.07) is 12.7. The smallest absolute Gasteiger partial charge is 0.271 e. The summed E-state index contributed by atoms with van der Waals surface area (Å²) in [7, 11) is -3.85. The molecule has 0 aliphatic rings. The van der Waals surface area contributed by atoms with Crippen molar-refractivity contribution in [2.45, 2.75) is 32.7 Å². The Bertz CT molecular complexity index is 977. The van der Waals surface area contributed by atoms with Crippen LogP contribution in [0.1, 0.15) is 24.5 Å². The van der Waals surface area contributed by atoms with Crippen LogP contribution in [0.4, 0.5) is 11.4 Å². The molecule has 0 heterocycles. The second-order valence-electron chi connectivity index (χ2n) is 6.84. The molecule has 0 radical (unpaired) electrons. The van der Waals surface area contributed by atoms with E-state index in [9.17, 15) is 23.3 Å². The lowest BCUT2D eigenvalue weighted by atomic mass is 10.1. The van der Waals surface area contributed by atoms with Gasteiger partial charge in [0.25, 0.3) is 5.69 Å². The highest BCUT2D eigenvalue weighted by Gasteiger charge is 2.31. The van der Waals surface area contributed by atoms with Crippen molar-refractivity contribution < 1.29 is 18.1 Å². The zero-order valence-corrected chi connectivity index (χ0v) is 17.5. The third-order valence-corrected chi connectivity index (χ3v) is 5.74. The molecule has 2 rings (SSSR count). The molecular weight excluding hydrogens is 394 g/mol. The molecule has 1 N–H and O–H groups in total. The number of carbonyl (C=O) groups excluding carboxylic acids is 1. The van der Waals surface area contributed by atoms with Gasteiger partial charge in [-0.2, -0.15) is 0 Å². The maximum Gasteiger partial charge on any atom is 0.271 e. The summed E-state index contributed by atoms with van der Waals surface area (Å²) in [6.07, 6.45) is 2.47. The molecule has 0 bridgehead atoms. The number of anilines is 1. The number of benzene rings is 2. The number of nitro benzene ring substituents is 1. The van der Waals surface area contributed by atoms with Gasteiger partial charge in [-0.25, -0.2) is 8.42 Å². The first-order valence-corrected chi connectivity index (χ1v) is 11.0. The van der Waals surface area contributed by atoms with Crippen molar-refractivity contribution in [1.82, 2.24) is 5.32 Å². The van der Waals surface area contributed by atoms with Gasteiger partial charge in [0.15, 0.2) is 0 Å². The number of hydrogen-bond acceptors (Lipinski definition) is 5.